The molecule has 0 saturated heterocycles. The average molecular weight is 334 g/mol. The zero-order valence-corrected chi connectivity index (χ0v) is 14.2. The van der Waals surface area contributed by atoms with Crippen molar-refractivity contribution in [3.63, 3.8) is 0 Å². The Morgan fingerprint density at radius 3 is 2.75 bits per heavy atom. The third kappa shape index (κ3) is 3.59. The molecule has 3 N–H and O–H groups in total. The van der Waals surface area contributed by atoms with E-state index >= 15 is 0 Å². The number of nitrogens with one attached hydrogen (secondary N) is 1. The van der Waals surface area contributed by atoms with Gasteiger partial charge in [-0.25, -0.2) is 0 Å². The maximum absolute atomic E-state index is 12.7. The second-order valence-corrected chi connectivity index (χ2v) is 6.42. The van der Waals surface area contributed by atoms with Gasteiger partial charge >= 0.3 is 0 Å². The largest absolute Gasteiger partial charge is 0.493 e. The SMILES string of the molecule is COc1cc(C(=O)NC(CN)C2CCCCC2)cc2c1OCCO2. The quantitative estimate of drug-likeness (QED) is 0.862. The van der Waals surface area contributed by atoms with Gasteiger partial charge in [0.05, 0.1) is 7.11 Å². The van der Waals surface area contributed by atoms with Crippen LogP contribution in [0, 0.1) is 5.92 Å². The van der Waals surface area contributed by atoms with Gasteiger partial charge in [0, 0.05) is 18.2 Å². The molecule has 0 spiro atoms. The lowest BCUT2D eigenvalue weighted by atomic mass is 9.84. The number of hydrogen-bond acceptors (Lipinski definition) is 5. The van der Waals surface area contributed by atoms with Crippen LogP contribution in [0.15, 0.2) is 12.1 Å². The number of amides is 1. The smallest absolute Gasteiger partial charge is 0.251 e. The summed E-state index contributed by atoms with van der Waals surface area (Å²) in [5, 5.41) is 3.09. The molecule has 6 heteroatoms. The van der Waals surface area contributed by atoms with Gasteiger partial charge in [0.2, 0.25) is 5.75 Å². The van der Waals surface area contributed by atoms with E-state index in [4.69, 9.17) is 19.9 Å². The number of benzene rings is 1. The first-order valence-corrected chi connectivity index (χ1v) is 8.71. The Labute approximate surface area is 142 Å². The molecule has 1 aliphatic heterocycles. The third-order valence-electron chi connectivity index (χ3n) is 4.88. The highest BCUT2D eigenvalue weighted by Crippen LogP contribution is 2.40. The Morgan fingerprint density at radius 1 is 1.29 bits per heavy atom. The molecule has 3 rings (SSSR count). The molecule has 2 aliphatic rings. The zero-order chi connectivity index (χ0) is 16.9. The van der Waals surface area contributed by atoms with E-state index in [9.17, 15) is 4.79 Å². The van der Waals surface area contributed by atoms with Crippen LogP contribution < -0.4 is 25.3 Å². The molecule has 1 aromatic rings. The molecular weight excluding hydrogens is 308 g/mol. The van der Waals surface area contributed by atoms with Gasteiger partial charge in [0.1, 0.15) is 13.2 Å². The Morgan fingerprint density at radius 2 is 2.04 bits per heavy atom. The van der Waals surface area contributed by atoms with Crippen LogP contribution in [0.4, 0.5) is 0 Å². The molecule has 1 unspecified atom stereocenters. The Balaban J connectivity index is 1.76. The van der Waals surface area contributed by atoms with Crippen molar-refractivity contribution in [3.05, 3.63) is 17.7 Å². The van der Waals surface area contributed by atoms with Gasteiger partial charge in [-0.15, -0.1) is 0 Å². The van der Waals surface area contributed by atoms with Crippen LogP contribution in [0.2, 0.25) is 0 Å². The van der Waals surface area contributed by atoms with Crippen molar-refractivity contribution in [2.45, 2.75) is 38.1 Å². The van der Waals surface area contributed by atoms with Crippen molar-refractivity contribution < 1.29 is 19.0 Å². The van der Waals surface area contributed by atoms with Crippen LogP contribution in [0.1, 0.15) is 42.5 Å². The summed E-state index contributed by atoms with van der Waals surface area (Å²) in [6.07, 6.45) is 5.98. The maximum Gasteiger partial charge on any atom is 0.251 e. The van der Waals surface area contributed by atoms with Crippen LogP contribution in [0.5, 0.6) is 17.2 Å². The first kappa shape index (κ1) is 16.9. The molecule has 1 saturated carbocycles. The summed E-state index contributed by atoms with van der Waals surface area (Å²) in [5.41, 5.74) is 6.42. The van der Waals surface area contributed by atoms with Gasteiger partial charge in [-0.1, -0.05) is 19.3 Å². The van der Waals surface area contributed by atoms with Crippen LogP contribution in [0.3, 0.4) is 0 Å². The summed E-state index contributed by atoms with van der Waals surface area (Å²) >= 11 is 0. The van der Waals surface area contributed by atoms with Crippen LogP contribution >= 0.6 is 0 Å². The van der Waals surface area contributed by atoms with E-state index in [1.54, 1.807) is 19.2 Å². The predicted molar refractivity (Wildman–Crippen MR) is 90.9 cm³/mol. The fourth-order valence-electron chi connectivity index (χ4n) is 3.56. The lowest BCUT2D eigenvalue weighted by molar-refractivity contribution is 0.0913. The van der Waals surface area contributed by atoms with Gasteiger partial charge in [-0.05, 0) is 30.9 Å². The summed E-state index contributed by atoms with van der Waals surface area (Å²) in [4.78, 5) is 12.7. The minimum absolute atomic E-state index is 0.0111. The van der Waals surface area contributed by atoms with E-state index in [0.29, 0.717) is 48.5 Å². The first-order chi connectivity index (χ1) is 11.7. The standard InChI is InChI=1S/C18H26N2O4/c1-22-15-9-13(10-16-17(15)24-8-7-23-16)18(21)20-14(11-19)12-5-3-2-4-6-12/h9-10,12,14H,2-8,11,19H2,1H3,(H,20,21). The third-order valence-corrected chi connectivity index (χ3v) is 4.88. The van der Waals surface area contributed by atoms with E-state index in [0.717, 1.165) is 12.8 Å². The average Bonchev–Trinajstić information content (AvgIpc) is 2.65. The van der Waals surface area contributed by atoms with Crippen LogP contribution in [0.25, 0.3) is 0 Å². The lowest BCUT2D eigenvalue weighted by Gasteiger charge is -2.30. The number of methoxy groups -OCH3 is 1. The number of fused-ring (bicyclic) bond motifs is 1. The Kier molecular flexibility index (Phi) is 5.45. The van der Waals surface area contributed by atoms with Crippen LogP contribution in [-0.2, 0) is 0 Å². The predicted octanol–water partition coefficient (Wildman–Crippen LogP) is 2.10. The molecule has 1 aliphatic carbocycles. The zero-order valence-electron chi connectivity index (χ0n) is 14.2. The number of rotatable bonds is 5. The van der Waals surface area contributed by atoms with E-state index in [1.165, 1.54) is 19.3 Å². The van der Waals surface area contributed by atoms with Crippen molar-refractivity contribution in [1.29, 1.82) is 0 Å². The highest BCUT2D eigenvalue weighted by Gasteiger charge is 2.26. The molecule has 0 aromatic heterocycles. The Bertz CT molecular complexity index is 567. The molecule has 24 heavy (non-hydrogen) atoms. The fraction of sp³-hybridized carbons (Fsp3) is 0.611. The van der Waals surface area contributed by atoms with E-state index in [1.807, 2.05) is 0 Å². The molecular formula is C18H26N2O4. The minimum Gasteiger partial charge on any atom is -0.493 e. The highest BCUT2D eigenvalue weighted by atomic mass is 16.6. The number of ether oxygens (including phenoxy) is 3. The van der Waals surface area contributed by atoms with Gasteiger partial charge < -0.3 is 25.3 Å². The minimum atomic E-state index is -0.147. The van der Waals surface area contributed by atoms with E-state index in [-0.39, 0.29) is 11.9 Å². The number of nitrogens with two attached hydrogens (primary N) is 1. The fourth-order valence-corrected chi connectivity index (χ4v) is 3.56. The maximum atomic E-state index is 12.7. The summed E-state index contributed by atoms with van der Waals surface area (Å²) in [6.45, 7) is 1.40. The molecule has 1 heterocycles. The second kappa shape index (κ2) is 7.75. The van der Waals surface area contributed by atoms with Crippen molar-refractivity contribution in [1.82, 2.24) is 5.32 Å². The molecule has 0 bridgehead atoms. The van der Waals surface area contributed by atoms with E-state index in [2.05, 4.69) is 5.32 Å². The van der Waals surface area contributed by atoms with Crippen molar-refractivity contribution in [3.8, 4) is 17.2 Å². The van der Waals surface area contributed by atoms with Crippen LogP contribution in [-0.4, -0.2) is 38.8 Å². The molecule has 1 aromatic carbocycles. The molecule has 1 amide bonds. The topological polar surface area (TPSA) is 82.8 Å². The second-order valence-electron chi connectivity index (χ2n) is 6.42. The summed E-state index contributed by atoms with van der Waals surface area (Å²) in [7, 11) is 1.56. The van der Waals surface area contributed by atoms with Gasteiger partial charge in [0.25, 0.3) is 5.91 Å². The molecule has 1 atom stereocenters. The lowest BCUT2D eigenvalue weighted by Crippen LogP contribution is -2.45. The van der Waals surface area contributed by atoms with Gasteiger partial charge in [-0.2, -0.15) is 0 Å². The van der Waals surface area contributed by atoms with Crippen molar-refractivity contribution in [2.75, 3.05) is 26.9 Å². The summed E-state index contributed by atoms with van der Waals surface area (Å²) < 4.78 is 16.5. The van der Waals surface area contributed by atoms with Gasteiger partial charge in [0.15, 0.2) is 11.5 Å². The molecule has 1 fully saturated rings. The summed E-state index contributed by atoms with van der Waals surface area (Å²) in [6, 6.07) is 3.41. The monoisotopic (exact) mass is 334 g/mol. The molecule has 0 radical (unpaired) electrons. The number of carbonyl (C=O) groups is 1. The molecule has 6 nitrogen and oxygen atoms in total. The van der Waals surface area contributed by atoms with Crippen molar-refractivity contribution in [2.24, 2.45) is 11.7 Å². The van der Waals surface area contributed by atoms with E-state index < -0.39 is 0 Å². The summed E-state index contributed by atoms with van der Waals surface area (Å²) in [5.74, 6) is 1.94. The normalized spacial score (nSPS) is 18.8. The molecule has 132 valence electrons. The Hall–Kier alpha value is -1.95. The number of hydrogen-bond donors (Lipinski definition) is 2. The van der Waals surface area contributed by atoms with Crippen molar-refractivity contribution >= 4 is 5.91 Å². The number of carbonyl (C=O) groups excluding carboxylic acids is 1. The highest BCUT2D eigenvalue weighted by molar-refractivity contribution is 5.95. The van der Waals surface area contributed by atoms with Gasteiger partial charge in [-0.3, -0.25) is 4.79 Å². The first-order valence-electron chi connectivity index (χ1n) is 8.71.